The van der Waals surface area contributed by atoms with Crippen molar-refractivity contribution in [2.24, 2.45) is 0 Å². The van der Waals surface area contributed by atoms with E-state index < -0.39 is 16.6 Å². The van der Waals surface area contributed by atoms with Gasteiger partial charge in [0.2, 0.25) is 5.88 Å². The molecule has 0 radical (unpaired) electrons. The van der Waals surface area contributed by atoms with Gasteiger partial charge in [-0.1, -0.05) is 83.1 Å². The van der Waals surface area contributed by atoms with Gasteiger partial charge in [0.05, 0.1) is 0 Å². The van der Waals surface area contributed by atoms with Crippen molar-refractivity contribution in [3.63, 3.8) is 0 Å². The van der Waals surface area contributed by atoms with Crippen LogP contribution >= 0.6 is 0 Å². The maximum absolute atomic E-state index is 6.83. The second kappa shape index (κ2) is 9.95. The third kappa shape index (κ3) is 5.24. The van der Waals surface area contributed by atoms with Crippen LogP contribution < -0.4 is 8.85 Å². The fourth-order valence-corrected chi connectivity index (χ4v) is 15.9. The van der Waals surface area contributed by atoms with Crippen LogP contribution in [0, 0.1) is 6.92 Å². The minimum atomic E-state index is -2.11. The molecule has 0 atom stereocenters. The first kappa shape index (κ1) is 26.1. The van der Waals surface area contributed by atoms with Crippen LogP contribution in [0.5, 0.6) is 11.9 Å². The summed E-state index contributed by atoms with van der Waals surface area (Å²) in [6.45, 7) is 29.5. The number of aromatic nitrogens is 2. The summed E-state index contributed by atoms with van der Waals surface area (Å²) in [4.78, 5) is 9.48. The predicted octanol–water partition coefficient (Wildman–Crippen LogP) is 7.89. The van der Waals surface area contributed by atoms with Crippen LogP contribution in [0.25, 0.3) is 0 Å². The van der Waals surface area contributed by atoms with Gasteiger partial charge >= 0.3 is 6.01 Å². The van der Waals surface area contributed by atoms with Crippen molar-refractivity contribution in [3.8, 4) is 11.9 Å². The maximum Gasteiger partial charge on any atom is 0.306 e. The van der Waals surface area contributed by atoms with Crippen LogP contribution in [0.3, 0.4) is 0 Å². The molecule has 0 bridgehead atoms. The molecule has 0 saturated heterocycles. The first-order chi connectivity index (χ1) is 13.2. The molecule has 0 saturated carbocycles. The third-order valence-corrected chi connectivity index (χ3v) is 18.7. The largest absolute Gasteiger partial charge is 0.530 e. The SMILES string of the molecule is Cc1cc(O[Si](C(C)C)(C(C)C)C(C)C)nc(O[Si](C(C)C)(C(C)C)C(C)C)n1. The summed E-state index contributed by atoms with van der Waals surface area (Å²) in [5.74, 6) is 0.689. The first-order valence-corrected chi connectivity index (χ1v) is 15.7. The zero-order chi connectivity index (χ0) is 22.7. The van der Waals surface area contributed by atoms with Crippen molar-refractivity contribution >= 4 is 16.6 Å². The lowest BCUT2D eigenvalue weighted by Crippen LogP contribution is -2.51. The quantitative estimate of drug-likeness (QED) is 0.348. The molecular formula is C23H46N2O2Si2. The highest BCUT2D eigenvalue weighted by atomic mass is 28.4. The number of hydrogen-bond donors (Lipinski definition) is 0. The summed E-state index contributed by atoms with van der Waals surface area (Å²) in [7, 11) is -4.18. The Balaban J connectivity index is 3.44. The molecule has 1 rings (SSSR count). The molecule has 0 aliphatic carbocycles. The Morgan fingerprint density at radius 1 is 0.586 bits per heavy atom. The van der Waals surface area contributed by atoms with E-state index in [1.165, 1.54) is 0 Å². The molecule has 0 N–H and O–H groups in total. The van der Waals surface area contributed by atoms with E-state index in [2.05, 4.69) is 88.1 Å². The molecule has 0 spiro atoms. The van der Waals surface area contributed by atoms with Crippen molar-refractivity contribution in [2.75, 3.05) is 0 Å². The summed E-state index contributed by atoms with van der Waals surface area (Å²) in [6, 6.07) is 2.48. The molecule has 0 aliphatic heterocycles. The Morgan fingerprint density at radius 2 is 0.931 bits per heavy atom. The molecule has 0 unspecified atom stereocenters. The van der Waals surface area contributed by atoms with E-state index in [-0.39, 0.29) is 0 Å². The Morgan fingerprint density at radius 3 is 1.28 bits per heavy atom. The lowest BCUT2D eigenvalue weighted by Gasteiger charge is -2.42. The maximum atomic E-state index is 6.83. The molecular weight excluding hydrogens is 392 g/mol. The highest BCUT2D eigenvalue weighted by molar-refractivity contribution is 6.78. The standard InChI is InChI=1S/C23H46N2O2Si2/c1-15(2)28(16(3)4,17(5)6)26-22-14-21(13)24-23(25-22)27-29(18(7)8,19(9)10)20(11)12/h14-20H,1-13H3. The smallest absolute Gasteiger partial charge is 0.306 e. The van der Waals surface area contributed by atoms with Crippen molar-refractivity contribution in [3.05, 3.63) is 11.8 Å². The second-order valence-corrected chi connectivity index (χ2v) is 21.2. The number of hydrogen-bond acceptors (Lipinski definition) is 4. The summed E-state index contributed by atoms with van der Waals surface area (Å²) < 4.78 is 13.6. The van der Waals surface area contributed by atoms with Crippen LogP contribution in [0.4, 0.5) is 0 Å². The van der Waals surface area contributed by atoms with E-state index in [1.54, 1.807) is 0 Å². The summed E-state index contributed by atoms with van der Waals surface area (Å²) >= 11 is 0. The zero-order valence-corrected chi connectivity index (χ0v) is 23.3. The van der Waals surface area contributed by atoms with Crippen molar-refractivity contribution < 1.29 is 8.85 Å². The minimum Gasteiger partial charge on any atom is -0.530 e. The molecule has 0 aromatic carbocycles. The Bertz CT molecular complexity index is 562. The molecule has 1 aromatic heterocycles. The summed E-state index contributed by atoms with van der Waals surface area (Å²) in [5, 5.41) is 0. The molecule has 168 valence electrons. The van der Waals surface area contributed by atoms with Gasteiger partial charge in [-0.2, -0.15) is 4.98 Å². The van der Waals surface area contributed by atoms with Gasteiger partial charge in [-0.25, -0.2) is 4.98 Å². The number of aryl methyl sites for hydroxylation is 1. The van der Waals surface area contributed by atoms with Gasteiger partial charge in [0.1, 0.15) is 0 Å². The van der Waals surface area contributed by atoms with Crippen LogP contribution in [-0.2, 0) is 0 Å². The van der Waals surface area contributed by atoms with E-state index in [4.69, 9.17) is 13.8 Å². The highest BCUT2D eigenvalue weighted by Gasteiger charge is 2.49. The normalized spacial score (nSPS) is 13.5. The second-order valence-electron chi connectivity index (χ2n) is 10.5. The lowest BCUT2D eigenvalue weighted by molar-refractivity contribution is 0.419. The van der Waals surface area contributed by atoms with Crippen LogP contribution in [0.15, 0.2) is 6.07 Å². The molecule has 0 aliphatic rings. The van der Waals surface area contributed by atoms with Gasteiger partial charge in [0.15, 0.2) is 0 Å². The van der Waals surface area contributed by atoms with Gasteiger partial charge in [0.25, 0.3) is 16.6 Å². The number of rotatable bonds is 10. The van der Waals surface area contributed by atoms with E-state index >= 15 is 0 Å². The van der Waals surface area contributed by atoms with Crippen LogP contribution in [0.1, 0.15) is 88.8 Å². The lowest BCUT2D eigenvalue weighted by atomic mass is 10.4. The van der Waals surface area contributed by atoms with Crippen molar-refractivity contribution in [2.45, 2.75) is 123 Å². The molecule has 0 fully saturated rings. The number of nitrogens with zero attached hydrogens (tertiary/aromatic N) is 2. The fraction of sp³-hybridized carbons (Fsp3) is 0.826. The van der Waals surface area contributed by atoms with E-state index in [0.717, 1.165) is 5.69 Å². The molecule has 0 amide bonds. The molecule has 1 aromatic rings. The molecule has 6 heteroatoms. The minimum absolute atomic E-state index is 0.478. The zero-order valence-electron chi connectivity index (χ0n) is 21.3. The van der Waals surface area contributed by atoms with Crippen LogP contribution in [0.2, 0.25) is 33.2 Å². The fourth-order valence-electron chi connectivity index (χ4n) is 5.66. The monoisotopic (exact) mass is 438 g/mol. The topological polar surface area (TPSA) is 44.2 Å². The Labute approximate surface area is 182 Å². The first-order valence-electron chi connectivity index (χ1n) is 11.4. The summed E-state index contributed by atoms with van der Waals surface area (Å²) in [5.41, 5.74) is 3.83. The van der Waals surface area contributed by atoms with Crippen molar-refractivity contribution in [1.29, 1.82) is 0 Å². The highest BCUT2D eigenvalue weighted by Crippen LogP contribution is 2.44. The Hall–Kier alpha value is -0.886. The molecule has 4 nitrogen and oxygen atoms in total. The Kier molecular flexibility index (Phi) is 8.97. The van der Waals surface area contributed by atoms with Gasteiger partial charge in [-0.15, -0.1) is 0 Å². The average molecular weight is 439 g/mol. The average Bonchev–Trinajstić information content (AvgIpc) is 2.55. The van der Waals surface area contributed by atoms with E-state index in [0.29, 0.717) is 45.1 Å². The van der Waals surface area contributed by atoms with E-state index in [9.17, 15) is 0 Å². The molecule has 29 heavy (non-hydrogen) atoms. The van der Waals surface area contributed by atoms with Gasteiger partial charge < -0.3 is 8.85 Å². The van der Waals surface area contributed by atoms with Gasteiger partial charge in [-0.05, 0) is 40.2 Å². The predicted molar refractivity (Wildman–Crippen MR) is 130 cm³/mol. The summed E-state index contributed by atoms with van der Waals surface area (Å²) in [6.07, 6.45) is 0. The third-order valence-electron chi connectivity index (χ3n) is 6.77. The van der Waals surface area contributed by atoms with Gasteiger partial charge in [0, 0.05) is 11.8 Å². The van der Waals surface area contributed by atoms with Gasteiger partial charge in [-0.3, -0.25) is 0 Å². The molecule has 1 heterocycles. The van der Waals surface area contributed by atoms with Crippen LogP contribution in [-0.4, -0.2) is 26.6 Å². The van der Waals surface area contributed by atoms with E-state index in [1.807, 2.05) is 13.0 Å². The van der Waals surface area contributed by atoms with Crippen molar-refractivity contribution in [1.82, 2.24) is 9.97 Å².